The highest BCUT2D eigenvalue weighted by Crippen LogP contribution is 2.45. The molecule has 0 N–H and O–H groups in total. The summed E-state index contributed by atoms with van der Waals surface area (Å²) in [5.74, 6) is -0.279. The molecule has 5 aliphatic heterocycles. The number of rotatable bonds is 7. The lowest BCUT2D eigenvalue weighted by atomic mass is 9.76. The third kappa shape index (κ3) is 5.99. The lowest BCUT2D eigenvalue weighted by Crippen LogP contribution is -2.84. The number of carbonyl (C=O) groups is 1. The molecule has 0 saturated carbocycles. The second kappa shape index (κ2) is 12.7. The number of piperazine rings is 1. The van der Waals surface area contributed by atoms with Gasteiger partial charge in [-0.3, -0.25) is 9.58 Å². The molecule has 0 bridgehead atoms. The molecule has 1 atom stereocenters. The zero-order chi connectivity index (χ0) is 33.8. The van der Waals surface area contributed by atoms with Gasteiger partial charge in [0.25, 0.3) is 0 Å². The van der Waals surface area contributed by atoms with Crippen molar-refractivity contribution in [1.82, 2.24) is 29.5 Å². The van der Waals surface area contributed by atoms with Gasteiger partial charge in [-0.25, -0.2) is 14.8 Å². The van der Waals surface area contributed by atoms with Gasteiger partial charge in [-0.1, -0.05) is 30.3 Å². The van der Waals surface area contributed by atoms with Gasteiger partial charge in [0.05, 0.1) is 44.7 Å². The van der Waals surface area contributed by atoms with Crippen molar-refractivity contribution in [2.45, 2.75) is 56.1 Å². The van der Waals surface area contributed by atoms with E-state index in [0.29, 0.717) is 78.1 Å². The average molecular weight is 683 g/mol. The molecule has 1 aromatic carbocycles. The van der Waals surface area contributed by atoms with E-state index >= 15 is 0 Å². The highest BCUT2D eigenvalue weighted by atomic mass is 19.4. The second-order valence-electron chi connectivity index (χ2n) is 13.8. The largest absolute Gasteiger partial charge is 0.451 e. The summed E-state index contributed by atoms with van der Waals surface area (Å²) >= 11 is 0. The standard InChI is InChI=1S/C34H41F3N8O4/c1-23-16-38-45(26-19-47-20-26)30(23)25-7-9-42(10-8-25)28-15-29(40-31(39-28)34(35,36)37)44-17-27(33(44)21-48-22-33)41-11-13-43(14-12-41)32(46)49-18-24-5-3-2-4-6-24/h2-6,15-16,25-27H,7-14,17-22H2,1H3/t27-/m0/s1. The van der Waals surface area contributed by atoms with Gasteiger partial charge in [-0.2, -0.15) is 18.3 Å². The van der Waals surface area contributed by atoms with Crippen LogP contribution in [0.4, 0.5) is 29.6 Å². The third-order valence-electron chi connectivity index (χ3n) is 10.9. The van der Waals surface area contributed by atoms with E-state index in [9.17, 15) is 18.0 Å². The Morgan fingerprint density at radius 3 is 2.33 bits per heavy atom. The highest BCUT2D eigenvalue weighted by molar-refractivity contribution is 5.67. The summed E-state index contributed by atoms with van der Waals surface area (Å²) in [6, 6.07) is 11.6. The molecule has 0 radical (unpaired) electrons. The SMILES string of the molecule is Cc1cnn(C2COC2)c1C1CCN(c2cc(N3C[C@H](N4CCN(C(=O)OCc5ccccc5)CC4)C34COC4)nc(C(F)(F)F)n2)CC1. The summed E-state index contributed by atoms with van der Waals surface area (Å²) in [6.07, 6.45) is -1.55. The van der Waals surface area contributed by atoms with Gasteiger partial charge in [-0.15, -0.1) is 0 Å². The van der Waals surface area contributed by atoms with Crippen LogP contribution in [0.25, 0.3) is 0 Å². The number of aryl methyl sites for hydroxylation is 1. The predicted octanol–water partition coefficient (Wildman–Crippen LogP) is 3.87. The van der Waals surface area contributed by atoms with E-state index in [0.717, 1.165) is 24.0 Å². The number of aromatic nitrogens is 4. The Morgan fingerprint density at radius 2 is 1.69 bits per heavy atom. The molecule has 3 aromatic rings. The number of hydrogen-bond donors (Lipinski definition) is 0. The Bertz CT molecular complexity index is 1650. The van der Waals surface area contributed by atoms with Gasteiger partial charge in [0.15, 0.2) is 0 Å². The highest BCUT2D eigenvalue weighted by Gasteiger charge is 2.61. The maximum Gasteiger partial charge on any atom is 0.451 e. The zero-order valence-corrected chi connectivity index (χ0v) is 27.5. The Hall–Kier alpha value is -3.95. The fraction of sp³-hybridized carbons (Fsp3) is 0.588. The van der Waals surface area contributed by atoms with Crippen LogP contribution in [0.1, 0.15) is 47.4 Å². The Kier molecular flexibility index (Phi) is 8.39. The van der Waals surface area contributed by atoms with Crippen LogP contribution in [0, 0.1) is 6.92 Å². The lowest BCUT2D eigenvalue weighted by Gasteiger charge is -2.66. The molecule has 5 saturated heterocycles. The molecule has 1 spiro atoms. The molecular formula is C34H41F3N8O4. The van der Waals surface area contributed by atoms with Crippen LogP contribution < -0.4 is 9.80 Å². The fourth-order valence-corrected chi connectivity index (χ4v) is 7.91. The van der Waals surface area contributed by atoms with Crippen molar-refractivity contribution in [3.05, 3.63) is 65.2 Å². The third-order valence-corrected chi connectivity index (χ3v) is 10.9. The fourth-order valence-electron chi connectivity index (χ4n) is 7.91. The number of alkyl halides is 3. The molecule has 49 heavy (non-hydrogen) atoms. The van der Waals surface area contributed by atoms with E-state index in [1.54, 1.807) is 11.0 Å². The minimum atomic E-state index is -4.68. The van der Waals surface area contributed by atoms with Crippen LogP contribution in [-0.2, 0) is 27.0 Å². The van der Waals surface area contributed by atoms with Crippen molar-refractivity contribution in [3.63, 3.8) is 0 Å². The van der Waals surface area contributed by atoms with Gasteiger partial charge in [-0.05, 0) is 30.9 Å². The molecule has 5 fully saturated rings. The molecule has 2 aromatic heterocycles. The predicted molar refractivity (Wildman–Crippen MR) is 172 cm³/mol. The molecule has 12 nitrogen and oxygen atoms in total. The molecular weight excluding hydrogens is 641 g/mol. The van der Waals surface area contributed by atoms with Crippen LogP contribution in [0.2, 0.25) is 0 Å². The Labute approximate surface area is 282 Å². The van der Waals surface area contributed by atoms with Crippen molar-refractivity contribution in [2.24, 2.45) is 0 Å². The van der Waals surface area contributed by atoms with Crippen molar-refractivity contribution < 1.29 is 32.2 Å². The smallest absolute Gasteiger partial charge is 0.445 e. The second-order valence-corrected chi connectivity index (χ2v) is 13.8. The number of carbonyl (C=O) groups excluding carboxylic acids is 1. The van der Waals surface area contributed by atoms with Crippen molar-refractivity contribution >= 4 is 17.7 Å². The Morgan fingerprint density at radius 1 is 0.980 bits per heavy atom. The van der Waals surface area contributed by atoms with Crippen LogP contribution >= 0.6 is 0 Å². The van der Waals surface area contributed by atoms with Crippen LogP contribution in [0.3, 0.4) is 0 Å². The molecule has 0 aliphatic carbocycles. The van der Waals surface area contributed by atoms with E-state index in [-0.39, 0.29) is 36.5 Å². The molecule has 262 valence electrons. The van der Waals surface area contributed by atoms with E-state index in [1.807, 2.05) is 46.3 Å². The minimum absolute atomic E-state index is 0.0707. The molecule has 1 amide bonds. The summed E-state index contributed by atoms with van der Waals surface area (Å²) < 4.78 is 61.3. The van der Waals surface area contributed by atoms with E-state index in [1.165, 1.54) is 5.69 Å². The number of halogens is 3. The first-order valence-corrected chi connectivity index (χ1v) is 17.1. The van der Waals surface area contributed by atoms with Gasteiger partial charge >= 0.3 is 12.3 Å². The van der Waals surface area contributed by atoms with Gasteiger partial charge in [0.1, 0.15) is 23.8 Å². The summed E-state index contributed by atoms with van der Waals surface area (Å²) in [4.78, 5) is 28.8. The summed E-state index contributed by atoms with van der Waals surface area (Å²) in [5.41, 5.74) is 2.80. The summed E-state index contributed by atoms with van der Waals surface area (Å²) in [7, 11) is 0. The topological polar surface area (TPSA) is 101 Å². The van der Waals surface area contributed by atoms with Crippen LogP contribution in [0.15, 0.2) is 42.6 Å². The van der Waals surface area contributed by atoms with Crippen LogP contribution in [0.5, 0.6) is 0 Å². The average Bonchev–Trinajstić information content (AvgIpc) is 3.42. The molecule has 15 heteroatoms. The maximum atomic E-state index is 14.2. The number of anilines is 2. The van der Waals surface area contributed by atoms with Gasteiger partial charge in [0, 0.05) is 63.5 Å². The number of nitrogens with zero attached hydrogens (tertiary/aromatic N) is 8. The molecule has 8 rings (SSSR count). The number of hydrogen-bond acceptors (Lipinski definition) is 10. The quantitative estimate of drug-likeness (QED) is 0.365. The van der Waals surface area contributed by atoms with E-state index < -0.39 is 17.5 Å². The van der Waals surface area contributed by atoms with Gasteiger partial charge < -0.3 is 28.9 Å². The lowest BCUT2D eigenvalue weighted by molar-refractivity contribution is -0.145. The van der Waals surface area contributed by atoms with Crippen LogP contribution in [-0.4, -0.2) is 119 Å². The number of benzene rings is 1. The summed E-state index contributed by atoms with van der Waals surface area (Å²) in [5, 5.41) is 4.61. The summed E-state index contributed by atoms with van der Waals surface area (Å²) in [6.45, 7) is 8.41. The van der Waals surface area contributed by atoms with Crippen molar-refractivity contribution in [3.8, 4) is 0 Å². The first-order valence-electron chi connectivity index (χ1n) is 17.1. The normalized spacial score (nSPS) is 23.3. The maximum absolute atomic E-state index is 14.2. The number of ether oxygens (including phenoxy) is 3. The van der Waals surface area contributed by atoms with Gasteiger partial charge in [0.2, 0.25) is 5.82 Å². The number of amides is 1. The van der Waals surface area contributed by atoms with Crippen molar-refractivity contribution in [1.29, 1.82) is 0 Å². The Balaban J connectivity index is 0.935. The zero-order valence-electron chi connectivity index (χ0n) is 27.5. The van der Waals surface area contributed by atoms with E-state index in [4.69, 9.17) is 14.2 Å². The van der Waals surface area contributed by atoms with Crippen molar-refractivity contribution in [2.75, 3.05) is 82.0 Å². The first-order chi connectivity index (χ1) is 23.7. The number of piperidine rings is 1. The first kappa shape index (κ1) is 32.3. The van der Waals surface area contributed by atoms with E-state index in [2.05, 4.69) is 31.6 Å². The molecule has 0 unspecified atom stereocenters. The monoisotopic (exact) mass is 682 g/mol. The molecule has 5 aliphatic rings. The minimum Gasteiger partial charge on any atom is -0.445 e. The molecule has 7 heterocycles.